The molecular weight excluding hydrogens is 353 g/mol. The smallest absolute Gasteiger partial charge is 0.257 e. The van der Waals surface area contributed by atoms with Crippen molar-refractivity contribution in [2.45, 2.75) is 25.2 Å². The summed E-state index contributed by atoms with van der Waals surface area (Å²) in [5, 5.41) is 0. The maximum atomic E-state index is 13.9. The fraction of sp³-hybridized carbons (Fsp3) is 0.421. The number of halogens is 1. The van der Waals surface area contributed by atoms with E-state index in [2.05, 4.69) is 0 Å². The highest BCUT2D eigenvalue weighted by Crippen LogP contribution is 2.28. The molecule has 0 saturated carbocycles. The standard InChI is InChI=1S/C19H24FN3O2S/c1-22(2)26(24,25)23-12-10-15(11-13-23)19-9-5-7-17(21-19)14-16-6-3-4-8-18(16)20/h3-9,15H,10-14H2,1-2H3. The van der Waals surface area contributed by atoms with E-state index in [4.69, 9.17) is 4.98 Å². The van der Waals surface area contributed by atoms with E-state index < -0.39 is 10.2 Å². The van der Waals surface area contributed by atoms with Gasteiger partial charge in [-0.05, 0) is 36.6 Å². The summed E-state index contributed by atoms with van der Waals surface area (Å²) < 4.78 is 41.1. The van der Waals surface area contributed by atoms with Gasteiger partial charge in [0.15, 0.2) is 0 Å². The summed E-state index contributed by atoms with van der Waals surface area (Å²) in [6.07, 6.45) is 1.93. The molecule has 0 atom stereocenters. The summed E-state index contributed by atoms with van der Waals surface area (Å²) in [6, 6.07) is 12.6. The number of piperidine rings is 1. The summed E-state index contributed by atoms with van der Waals surface area (Å²) >= 11 is 0. The van der Waals surface area contributed by atoms with E-state index in [0.29, 0.717) is 25.1 Å². The molecule has 0 aliphatic carbocycles. The lowest BCUT2D eigenvalue weighted by atomic mass is 9.94. The number of rotatable bonds is 5. The number of nitrogens with zero attached hydrogens (tertiary/aromatic N) is 3. The number of hydrogen-bond acceptors (Lipinski definition) is 3. The van der Waals surface area contributed by atoms with Crippen LogP contribution in [0.3, 0.4) is 0 Å². The second kappa shape index (κ2) is 7.82. The molecule has 0 amide bonds. The van der Waals surface area contributed by atoms with E-state index in [9.17, 15) is 12.8 Å². The van der Waals surface area contributed by atoms with E-state index in [1.807, 2.05) is 24.3 Å². The molecule has 0 radical (unpaired) electrons. The molecule has 1 aromatic heterocycles. The molecule has 0 spiro atoms. The lowest BCUT2D eigenvalue weighted by Gasteiger charge is -2.32. The molecule has 1 saturated heterocycles. The van der Waals surface area contributed by atoms with Crippen molar-refractivity contribution in [2.24, 2.45) is 0 Å². The molecule has 0 N–H and O–H groups in total. The Balaban J connectivity index is 1.69. The first kappa shape index (κ1) is 18.9. The van der Waals surface area contributed by atoms with Crippen molar-refractivity contribution in [3.8, 4) is 0 Å². The maximum absolute atomic E-state index is 13.9. The molecule has 7 heteroatoms. The Morgan fingerprint density at radius 2 is 1.81 bits per heavy atom. The fourth-order valence-electron chi connectivity index (χ4n) is 3.27. The van der Waals surface area contributed by atoms with Crippen molar-refractivity contribution >= 4 is 10.2 Å². The first-order valence-corrected chi connectivity index (χ1v) is 10.1. The fourth-order valence-corrected chi connectivity index (χ4v) is 4.41. The Bertz CT molecular complexity index is 863. The molecule has 3 rings (SSSR count). The third-order valence-electron chi connectivity index (χ3n) is 4.82. The summed E-state index contributed by atoms with van der Waals surface area (Å²) in [5.41, 5.74) is 2.42. The van der Waals surface area contributed by atoms with Gasteiger partial charge in [-0.2, -0.15) is 17.0 Å². The van der Waals surface area contributed by atoms with Crippen LogP contribution < -0.4 is 0 Å². The van der Waals surface area contributed by atoms with Crippen LogP contribution in [0.5, 0.6) is 0 Å². The number of benzene rings is 1. The third-order valence-corrected chi connectivity index (χ3v) is 6.76. The summed E-state index contributed by atoms with van der Waals surface area (Å²) in [5.74, 6) is 0.00564. The van der Waals surface area contributed by atoms with Gasteiger partial charge in [-0.3, -0.25) is 4.98 Å². The zero-order chi connectivity index (χ0) is 18.7. The minimum Gasteiger partial charge on any atom is -0.257 e. The molecular formula is C19H24FN3O2S. The van der Waals surface area contributed by atoms with Gasteiger partial charge in [0, 0.05) is 50.9 Å². The molecule has 2 heterocycles. The molecule has 26 heavy (non-hydrogen) atoms. The summed E-state index contributed by atoms with van der Waals surface area (Å²) in [7, 11) is -0.253. The average Bonchev–Trinajstić information content (AvgIpc) is 2.64. The molecule has 2 aromatic rings. The van der Waals surface area contributed by atoms with Crippen molar-refractivity contribution in [3.63, 3.8) is 0 Å². The van der Waals surface area contributed by atoms with Crippen molar-refractivity contribution in [3.05, 3.63) is 65.2 Å². The normalized spacial score (nSPS) is 16.9. The molecule has 5 nitrogen and oxygen atoms in total. The SMILES string of the molecule is CN(C)S(=O)(=O)N1CCC(c2cccc(Cc3ccccc3F)n2)CC1. The molecule has 1 aliphatic rings. The van der Waals surface area contributed by atoms with Crippen molar-refractivity contribution in [1.29, 1.82) is 0 Å². The Labute approximate surface area is 154 Å². The zero-order valence-electron chi connectivity index (χ0n) is 15.1. The van der Waals surface area contributed by atoms with Crippen LogP contribution in [0.1, 0.15) is 35.7 Å². The third kappa shape index (κ3) is 4.11. The van der Waals surface area contributed by atoms with E-state index in [0.717, 1.165) is 24.2 Å². The van der Waals surface area contributed by atoms with Crippen molar-refractivity contribution in [2.75, 3.05) is 27.2 Å². The van der Waals surface area contributed by atoms with Gasteiger partial charge in [-0.25, -0.2) is 4.39 Å². The molecule has 1 aliphatic heterocycles. The van der Waals surface area contributed by atoms with Crippen LogP contribution in [0.2, 0.25) is 0 Å². The number of hydrogen-bond donors (Lipinski definition) is 0. The first-order valence-electron chi connectivity index (χ1n) is 8.75. The summed E-state index contributed by atoms with van der Waals surface area (Å²) in [6.45, 7) is 0.981. The first-order chi connectivity index (χ1) is 12.4. The van der Waals surface area contributed by atoms with Gasteiger partial charge in [0.1, 0.15) is 5.82 Å². The van der Waals surface area contributed by atoms with Crippen molar-refractivity contribution in [1.82, 2.24) is 13.6 Å². The van der Waals surface area contributed by atoms with Gasteiger partial charge in [0.25, 0.3) is 10.2 Å². The van der Waals surface area contributed by atoms with Crippen LogP contribution in [0.4, 0.5) is 4.39 Å². The van der Waals surface area contributed by atoms with Gasteiger partial charge in [-0.15, -0.1) is 0 Å². The highest BCUT2D eigenvalue weighted by atomic mass is 32.2. The van der Waals surface area contributed by atoms with Crippen LogP contribution in [-0.4, -0.2) is 49.2 Å². The number of aromatic nitrogens is 1. The Kier molecular flexibility index (Phi) is 5.70. The minimum absolute atomic E-state index is 0.220. The zero-order valence-corrected chi connectivity index (χ0v) is 15.9. The van der Waals surface area contributed by atoms with Gasteiger partial charge < -0.3 is 0 Å². The van der Waals surface area contributed by atoms with Crippen molar-refractivity contribution < 1.29 is 12.8 Å². The Morgan fingerprint density at radius 1 is 1.12 bits per heavy atom. The van der Waals surface area contributed by atoms with Crippen LogP contribution in [-0.2, 0) is 16.6 Å². The largest absolute Gasteiger partial charge is 0.281 e. The molecule has 140 valence electrons. The Morgan fingerprint density at radius 3 is 2.46 bits per heavy atom. The van der Waals surface area contributed by atoms with E-state index in [1.165, 1.54) is 14.7 Å². The van der Waals surface area contributed by atoms with Gasteiger partial charge >= 0.3 is 0 Å². The average molecular weight is 377 g/mol. The predicted octanol–water partition coefficient (Wildman–Crippen LogP) is 2.80. The lowest BCUT2D eigenvalue weighted by Crippen LogP contribution is -2.44. The highest BCUT2D eigenvalue weighted by Gasteiger charge is 2.30. The van der Waals surface area contributed by atoms with Crippen LogP contribution in [0, 0.1) is 5.82 Å². The van der Waals surface area contributed by atoms with Crippen LogP contribution in [0.15, 0.2) is 42.5 Å². The van der Waals surface area contributed by atoms with E-state index in [1.54, 1.807) is 26.2 Å². The molecule has 1 fully saturated rings. The molecule has 0 bridgehead atoms. The van der Waals surface area contributed by atoms with Crippen LogP contribution >= 0.6 is 0 Å². The van der Waals surface area contributed by atoms with Gasteiger partial charge in [0.2, 0.25) is 0 Å². The topological polar surface area (TPSA) is 53.5 Å². The second-order valence-corrected chi connectivity index (χ2v) is 8.93. The predicted molar refractivity (Wildman–Crippen MR) is 99.6 cm³/mol. The molecule has 0 unspecified atom stereocenters. The van der Waals surface area contributed by atoms with Crippen LogP contribution in [0.25, 0.3) is 0 Å². The van der Waals surface area contributed by atoms with E-state index in [-0.39, 0.29) is 11.7 Å². The summed E-state index contributed by atoms with van der Waals surface area (Å²) in [4.78, 5) is 4.71. The quantitative estimate of drug-likeness (QED) is 0.805. The van der Waals surface area contributed by atoms with E-state index >= 15 is 0 Å². The Hall–Kier alpha value is -1.83. The highest BCUT2D eigenvalue weighted by molar-refractivity contribution is 7.86. The molecule has 1 aromatic carbocycles. The number of pyridine rings is 1. The monoisotopic (exact) mass is 377 g/mol. The minimum atomic E-state index is -3.35. The maximum Gasteiger partial charge on any atom is 0.281 e. The second-order valence-electron chi connectivity index (χ2n) is 6.79. The van der Waals surface area contributed by atoms with Gasteiger partial charge in [0.05, 0.1) is 0 Å². The lowest BCUT2D eigenvalue weighted by molar-refractivity contribution is 0.300. The van der Waals surface area contributed by atoms with Gasteiger partial charge in [-0.1, -0.05) is 24.3 Å².